The number of ether oxygens (including phenoxy) is 4. The lowest BCUT2D eigenvalue weighted by atomic mass is 9.73. The van der Waals surface area contributed by atoms with Gasteiger partial charge in [0.15, 0.2) is 17.4 Å². The molecule has 6 rings (SSSR count). The summed E-state index contributed by atoms with van der Waals surface area (Å²) in [6, 6.07) is 2.30. The minimum absolute atomic E-state index is 0.0320. The Morgan fingerprint density at radius 1 is 1.26 bits per heavy atom. The van der Waals surface area contributed by atoms with Gasteiger partial charge in [-0.25, -0.2) is 15.0 Å². The number of anilines is 2. The average molecular weight is 559 g/mol. The molecule has 212 valence electrons. The van der Waals surface area contributed by atoms with Crippen molar-refractivity contribution in [3.63, 3.8) is 0 Å². The molecule has 2 aromatic heterocycles. The van der Waals surface area contributed by atoms with Crippen molar-refractivity contribution in [2.75, 3.05) is 63.2 Å². The van der Waals surface area contributed by atoms with E-state index in [2.05, 4.69) is 21.7 Å². The molecule has 0 aliphatic carbocycles. The Labute approximate surface area is 233 Å². The Morgan fingerprint density at radius 2 is 2.10 bits per heavy atom. The zero-order valence-corrected chi connectivity index (χ0v) is 23.4. The van der Waals surface area contributed by atoms with Crippen LogP contribution in [0.25, 0.3) is 0 Å². The van der Waals surface area contributed by atoms with Crippen LogP contribution in [0.2, 0.25) is 0 Å². The van der Waals surface area contributed by atoms with Crippen molar-refractivity contribution in [1.29, 1.82) is 0 Å². The summed E-state index contributed by atoms with van der Waals surface area (Å²) in [4.78, 5) is 19.7. The molecule has 3 N–H and O–H groups in total. The minimum atomic E-state index is -0.176. The van der Waals surface area contributed by atoms with E-state index in [0.717, 1.165) is 67.8 Å². The minimum Gasteiger partial charge on any atom is -0.486 e. The van der Waals surface area contributed by atoms with Crippen LogP contribution in [0, 0.1) is 11.3 Å². The van der Waals surface area contributed by atoms with E-state index >= 15 is 0 Å². The summed E-state index contributed by atoms with van der Waals surface area (Å²) in [6.45, 7) is 6.70. The molecular formula is C27H38N6O5S. The predicted molar refractivity (Wildman–Crippen MR) is 146 cm³/mol. The summed E-state index contributed by atoms with van der Waals surface area (Å²) in [5.74, 6) is 2.79. The second kappa shape index (κ2) is 11.3. The normalized spacial score (nSPS) is 27.5. The SMILES string of the molecule is COCOC[C@H]1C[C@H]2COc3c(Sc4cnc(N5CCC6(CC5)CO[C@@H](C)C6N)c(CO)n4)ccnc3N2C1. The van der Waals surface area contributed by atoms with E-state index in [1.165, 1.54) is 11.8 Å². The van der Waals surface area contributed by atoms with Crippen LogP contribution in [0.1, 0.15) is 31.9 Å². The van der Waals surface area contributed by atoms with Gasteiger partial charge in [-0.3, -0.25) is 0 Å². The van der Waals surface area contributed by atoms with Crippen LogP contribution < -0.4 is 20.3 Å². The van der Waals surface area contributed by atoms with Gasteiger partial charge >= 0.3 is 0 Å². The maximum atomic E-state index is 10.2. The van der Waals surface area contributed by atoms with Crippen molar-refractivity contribution >= 4 is 23.4 Å². The topological polar surface area (TPSA) is 128 Å². The molecule has 4 aliphatic rings. The number of hydrogen-bond donors (Lipinski definition) is 2. The fraction of sp³-hybridized carbons (Fsp3) is 0.667. The Hall–Kier alpha value is -2.22. The number of aliphatic hydroxyl groups excluding tert-OH is 1. The highest BCUT2D eigenvalue weighted by Crippen LogP contribution is 2.45. The van der Waals surface area contributed by atoms with Crippen molar-refractivity contribution in [3.05, 3.63) is 24.2 Å². The molecule has 2 aromatic rings. The zero-order chi connectivity index (χ0) is 27.0. The van der Waals surface area contributed by atoms with Crippen LogP contribution in [0.5, 0.6) is 5.75 Å². The highest BCUT2D eigenvalue weighted by atomic mass is 32.2. The molecule has 11 nitrogen and oxygen atoms in total. The summed E-state index contributed by atoms with van der Waals surface area (Å²) in [5, 5.41) is 10.9. The number of rotatable bonds is 8. The standard InChI is InChI=1S/C27H38N6O5S/c1-17-24(28)27(15-38-17)4-7-32(8-5-27)25-20(12-34)31-22(10-30-25)39-21-3-6-29-26-23(21)37-14-19-9-18(11-33(19)26)13-36-16-35-2/h3,6,10,17-19,24,34H,4-5,7-9,11-16,28H2,1-2H3/t17-,18-,19-,24?/m0/s1. The molecular weight excluding hydrogens is 520 g/mol. The smallest absolute Gasteiger partial charge is 0.175 e. The Bertz CT molecular complexity index is 1170. The number of hydrogen-bond acceptors (Lipinski definition) is 12. The van der Waals surface area contributed by atoms with Gasteiger partial charge in [-0.05, 0) is 32.3 Å². The van der Waals surface area contributed by atoms with Crippen molar-refractivity contribution in [3.8, 4) is 5.75 Å². The van der Waals surface area contributed by atoms with Crippen molar-refractivity contribution < 1.29 is 24.1 Å². The zero-order valence-electron chi connectivity index (χ0n) is 22.6. The van der Waals surface area contributed by atoms with E-state index in [1.807, 2.05) is 12.3 Å². The molecule has 3 saturated heterocycles. The lowest BCUT2D eigenvalue weighted by Gasteiger charge is -2.41. The number of nitrogens with zero attached hydrogens (tertiary/aromatic N) is 5. The van der Waals surface area contributed by atoms with Gasteiger partial charge in [0.1, 0.15) is 24.1 Å². The number of methoxy groups -OCH3 is 1. The number of fused-ring (bicyclic) bond motifs is 3. The largest absolute Gasteiger partial charge is 0.486 e. The first-order valence-corrected chi connectivity index (χ1v) is 14.5. The fourth-order valence-electron chi connectivity index (χ4n) is 6.44. The number of pyridine rings is 1. The summed E-state index contributed by atoms with van der Waals surface area (Å²) in [7, 11) is 1.64. The molecule has 3 fully saturated rings. The van der Waals surface area contributed by atoms with Gasteiger partial charge in [0.2, 0.25) is 0 Å². The van der Waals surface area contributed by atoms with E-state index in [9.17, 15) is 5.11 Å². The lowest BCUT2D eigenvalue weighted by molar-refractivity contribution is -0.0414. The third-order valence-electron chi connectivity index (χ3n) is 8.67. The third kappa shape index (κ3) is 5.18. The molecule has 0 aromatic carbocycles. The van der Waals surface area contributed by atoms with Gasteiger partial charge in [0, 0.05) is 50.3 Å². The molecule has 12 heteroatoms. The molecule has 0 amide bonds. The first-order valence-electron chi connectivity index (χ1n) is 13.7. The molecule has 6 heterocycles. The molecule has 39 heavy (non-hydrogen) atoms. The summed E-state index contributed by atoms with van der Waals surface area (Å²) >= 11 is 1.49. The quantitative estimate of drug-likeness (QED) is 0.363. The molecule has 0 saturated carbocycles. The number of aromatic nitrogens is 3. The number of aliphatic hydroxyl groups is 1. The van der Waals surface area contributed by atoms with Gasteiger partial charge in [-0.2, -0.15) is 0 Å². The van der Waals surface area contributed by atoms with E-state index in [0.29, 0.717) is 42.7 Å². The van der Waals surface area contributed by atoms with Gasteiger partial charge in [0.05, 0.1) is 43.1 Å². The van der Waals surface area contributed by atoms with Crippen molar-refractivity contribution in [2.45, 2.75) is 60.9 Å². The van der Waals surface area contributed by atoms with Crippen molar-refractivity contribution in [2.24, 2.45) is 17.1 Å². The van der Waals surface area contributed by atoms with Crippen LogP contribution in [-0.4, -0.2) is 91.6 Å². The first-order chi connectivity index (χ1) is 19.0. The Kier molecular flexibility index (Phi) is 7.84. The molecule has 0 bridgehead atoms. The van der Waals surface area contributed by atoms with Crippen LogP contribution in [0.4, 0.5) is 11.6 Å². The second-order valence-electron chi connectivity index (χ2n) is 11.1. The van der Waals surface area contributed by atoms with Crippen LogP contribution in [-0.2, 0) is 20.8 Å². The highest BCUT2D eigenvalue weighted by Gasteiger charge is 2.48. The lowest BCUT2D eigenvalue weighted by Crippen LogP contribution is -2.51. The highest BCUT2D eigenvalue weighted by molar-refractivity contribution is 7.99. The molecule has 0 radical (unpaired) electrons. The Morgan fingerprint density at radius 3 is 2.85 bits per heavy atom. The summed E-state index contributed by atoms with van der Waals surface area (Å²) in [6.07, 6.45) is 6.59. The van der Waals surface area contributed by atoms with E-state index in [4.69, 9.17) is 34.6 Å². The molecule has 4 atom stereocenters. The van der Waals surface area contributed by atoms with Gasteiger partial charge < -0.3 is 39.6 Å². The number of piperidine rings is 1. The predicted octanol–water partition coefficient (Wildman–Crippen LogP) is 2.06. The maximum Gasteiger partial charge on any atom is 0.175 e. The molecule has 4 aliphatic heterocycles. The first kappa shape index (κ1) is 27.0. The monoisotopic (exact) mass is 558 g/mol. The summed E-state index contributed by atoms with van der Waals surface area (Å²) in [5.41, 5.74) is 7.10. The van der Waals surface area contributed by atoms with Gasteiger partial charge in [-0.1, -0.05) is 11.8 Å². The second-order valence-corrected chi connectivity index (χ2v) is 12.2. The van der Waals surface area contributed by atoms with Crippen LogP contribution >= 0.6 is 11.8 Å². The molecule has 1 spiro atoms. The third-order valence-corrected chi connectivity index (χ3v) is 9.61. The van der Waals surface area contributed by atoms with Crippen molar-refractivity contribution in [1.82, 2.24) is 15.0 Å². The van der Waals surface area contributed by atoms with E-state index < -0.39 is 0 Å². The van der Waals surface area contributed by atoms with E-state index in [1.54, 1.807) is 13.3 Å². The average Bonchev–Trinajstić information content (AvgIpc) is 3.50. The van der Waals surface area contributed by atoms with Gasteiger partial charge in [-0.15, -0.1) is 0 Å². The number of nitrogens with two attached hydrogens (primary N) is 1. The molecule has 1 unspecified atom stereocenters. The maximum absolute atomic E-state index is 10.2. The van der Waals surface area contributed by atoms with Gasteiger partial charge in [0.25, 0.3) is 0 Å². The van der Waals surface area contributed by atoms with Crippen LogP contribution in [0.3, 0.4) is 0 Å². The van der Waals surface area contributed by atoms with E-state index in [-0.39, 0.29) is 24.2 Å². The Balaban J connectivity index is 1.15. The fourth-order valence-corrected chi connectivity index (χ4v) is 7.30. The van der Waals surface area contributed by atoms with Crippen LogP contribution in [0.15, 0.2) is 28.4 Å². The summed E-state index contributed by atoms with van der Waals surface area (Å²) < 4.78 is 22.7.